The van der Waals surface area contributed by atoms with Gasteiger partial charge in [-0.15, -0.1) is 0 Å². The minimum atomic E-state index is -4.30. The summed E-state index contributed by atoms with van der Waals surface area (Å²) in [7, 11) is 0. The molecule has 0 aromatic carbocycles. The average molecular weight is 181 g/mol. The van der Waals surface area contributed by atoms with Gasteiger partial charge in [0.25, 0.3) is 0 Å². The van der Waals surface area contributed by atoms with Gasteiger partial charge in [0.05, 0.1) is 10.6 Å². The topological polar surface area (TPSA) is 0 Å². The van der Waals surface area contributed by atoms with Crippen LogP contribution in [0.15, 0.2) is 28.5 Å². The van der Waals surface area contributed by atoms with Crippen LogP contribution in [0.25, 0.3) is 0 Å². The fourth-order valence-electron chi connectivity index (χ4n) is 0.704. The van der Waals surface area contributed by atoms with Gasteiger partial charge in [-0.2, -0.15) is 13.2 Å². The van der Waals surface area contributed by atoms with Gasteiger partial charge in [-0.25, -0.2) is 0 Å². The van der Waals surface area contributed by atoms with Gasteiger partial charge in [0.2, 0.25) is 0 Å². The number of hydrogen-bond acceptors (Lipinski definition) is 0. The zero-order valence-corrected chi connectivity index (χ0v) is 6.13. The summed E-state index contributed by atoms with van der Waals surface area (Å²) < 4.78 is 35.7. The molecule has 0 unspecified atom stereocenters. The van der Waals surface area contributed by atoms with Crippen molar-refractivity contribution in [2.24, 2.45) is 0 Å². The van der Waals surface area contributed by atoms with Crippen molar-refractivity contribution in [2.75, 3.05) is 0 Å². The lowest BCUT2D eigenvalue weighted by Gasteiger charge is -2.08. The standard InChI is InChI=1S/C7H4ClF3/c8-6-3-1-2-5(4-6)7(9,10)11/h1,3H,2H2. The Labute approximate surface area is 66.7 Å². The zero-order chi connectivity index (χ0) is 8.48. The molecule has 0 amide bonds. The van der Waals surface area contributed by atoms with Crippen LogP contribution in [-0.4, -0.2) is 6.18 Å². The highest BCUT2D eigenvalue weighted by Gasteiger charge is 2.33. The van der Waals surface area contributed by atoms with Crippen molar-refractivity contribution in [1.82, 2.24) is 0 Å². The van der Waals surface area contributed by atoms with Crippen LogP contribution in [0.2, 0.25) is 0 Å². The maximum Gasteiger partial charge on any atom is 0.420 e. The smallest absolute Gasteiger partial charge is 0.166 e. The molecular weight excluding hydrogens is 177 g/mol. The van der Waals surface area contributed by atoms with Crippen LogP contribution in [0.5, 0.6) is 0 Å². The van der Waals surface area contributed by atoms with Crippen LogP contribution in [-0.2, 0) is 0 Å². The van der Waals surface area contributed by atoms with Crippen LogP contribution >= 0.6 is 11.6 Å². The summed E-state index contributed by atoms with van der Waals surface area (Å²) in [6, 6.07) is 0. The molecule has 0 aliphatic heterocycles. The van der Waals surface area contributed by atoms with Gasteiger partial charge >= 0.3 is 6.18 Å². The minimum absolute atomic E-state index is 0.00331. The molecule has 0 heterocycles. The van der Waals surface area contributed by atoms with Gasteiger partial charge in [-0.05, 0) is 6.08 Å². The Hall–Kier alpha value is -0.660. The Morgan fingerprint density at radius 2 is 2.09 bits per heavy atom. The summed E-state index contributed by atoms with van der Waals surface area (Å²) in [6.45, 7) is 0. The SMILES string of the molecule is FC(F)(F)C1=C=C(Cl)C=CC1. The summed E-state index contributed by atoms with van der Waals surface area (Å²) in [6.07, 6.45) is -1.68. The number of alkyl halides is 3. The lowest BCUT2D eigenvalue weighted by Crippen LogP contribution is -2.11. The van der Waals surface area contributed by atoms with Crippen molar-refractivity contribution in [3.05, 3.63) is 28.5 Å². The van der Waals surface area contributed by atoms with Gasteiger partial charge in [-0.1, -0.05) is 23.4 Å². The normalized spacial score (nSPS) is 17.8. The molecular formula is C7H4ClF3. The van der Waals surface area contributed by atoms with Gasteiger partial charge < -0.3 is 0 Å². The van der Waals surface area contributed by atoms with Gasteiger partial charge in [0.15, 0.2) is 0 Å². The van der Waals surface area contributed by atoms with E-state index in [9.17, 15) is 13.2 Å². The van der Waals surface area contributed by atoms with E-state index >= 15 is 0 Å². The molecule has 1 aliphatic carbocycles. The minimum Gasteiger partial charge on any atom is -0.166 e. The molecule has 0 nitrogen and oxygen atoms in total. The molecule has 0 N–H and O–H groups in total. The fourth-order valence-corrected chi connectivity index (χ4v) is 0.907. The van der Waals surface area contributed by atoms with E-state index in [4.69, 9.17) is 11.6 Å². The second-order valence-electron chi connectivity index (χ2n) is 2.06. The zero-order valence-electron chi connectivity index (χ0n) is 5.37. The fraction of sp³-hybridized carbons (Fsp3) is 0.286. The Bertz CT molecular complexity index is 253. The molecule has 0 radical (unpaired) electrons. The van der Waals surface area contributed by atoms with Crippen molar-refractivity contribution >= 4 is 11.6 Å². The Balaban J connectivity index is 3.01. The van der Waals surface area contributed by atoms with E-state index in [0.717, 1.165) is 0 Å². The van der Waals surface area contributed by atoms with Gasteiger partial charge in [0, 0.05) is 6.42 Å². The molecule has 11 heavy (non-hydrogen) atoms. The average Bonchev–Trinajstić information content (AvgIpc) is 1.86. The van der Waals surface area contributed by atoms with Crippen LogP contribution in [0.4, 0.5) is 13.2 Å². The molecule has 0 aromatic heterocycles. The van der Waals surface area contributed by atoms with Crippen LogP contribution in [0.1, 0.15) is 6.42 Å². The van der Waals surface area contributed by atoms with Crippen LogP contribution in [0.3, 0.4) is 0 Å². The van der Waals surface area contributed by atoms with E-state index in [2.05, 4.69) is 0 Å². The third-order valence-corrected chi connectivity index (χ3v) is 1.42. The van der Waals surface area contributed by atoms with E-state index in [1.807, 2.05) is 5.73 Å². The maximum atomic E-state index is 11.9. The highest BCUT2D eigenvalue weighted by molar-refractivity contribution is 6.31. The molecule has 4 heteroatoms. The largest absolute Gasteiger partial charge is 0.420 e. The van der Waals surface area contributed by atoms with Crippen molar-refractivity contribution in [2.45, 2.75) is 12.6 Å². The number of hydrogen-bond donors (Lipinski definition) is 0. The highest BCUT2D eigenvalue weighted by atomic mass is 35.5. The molecule has 1 aliphatic rings. The van der Waals surface area contributed by atoms with E-state index in [-0.39, 0.29) is 11.5 Å². The van der Waals surface area contributed by atoms with Gasteiger partial charge in [0.1, 0.15) is 0 Å². The third kappa shape index (κ3) is 2.14. The molecule has 0 atom stereocenters. The summed E-state index contributed by atoms with van der Waals surface area (Å²) >= 11 is 5.32. The quantitative estimate of drug-likeness (QED) is 0.503. The van der Waals surface area contributed by atoms with Crippen molar-refractivity contribution < 1.29 is 13.2 Å². The second kappa shape index (κ2) is 2.76. The molecule has 0 bridgehead atoms. The number of rotatable bonds is 0. The lowest BCUT2D eigenvalue weighted by molar-refractivity contribution is -0.0927. The van der Waals surface area contributed by atoms with E-state index in [1.165, 1.54) is 12.2 Å². The van der Waals surface area contributed by atoms with Crippen molar-refractivity contribution in [3.8, 4) is 0 Å². The molecule has 0 saturated heterocycles. The first kappa shape index (κ1) is 8.44. The van der Waals surface area contributed by atoms with Crippen molar-refractivity contribution in [1.29, 1.82) is 0 Å². The van der Waals surface area contributed by atoms with Crippen LogP contribution < -0.4 is 0 Å². The number of allylic oxidation sites excluding steroid dienone is 3. The summed E-state index contributed by atoms with van der Waals surface area (Å²) in [5, 5.41) is 0.00331. The molecule has 0 saturated carbocycles. The first-order valence-electron chi connectivity index (χ1n) is 2.89. The van der Waals surface area contributed by atoms with Crippen LogP contribution in [0, 0.1) is 0 Å². The predicted molar refractivity (Wildman–Crippen MR) is 36.2 cm³/mol. The predicted octanol–water partition coefficient (Wildman–Crippen LogP) is 3.16. The molecule has 0 aromatic rings. The van der Waals surface area contributed by atoms with E-state index in [1.54, 1.807) is 0 Å². The monoisotopic (exact) mass is 180 g/mol. The third-order valence-electron chi connectivity index (χ3n) is 1.20. The first-order chi connectivity index (χ1) is 5.00. The number of halogens is 4. The van der Waals surface area contributed by atoms with E-state index < -0.39 is 11.7 Å². The van der Waals surface area contributed by atoms with Gasteiger partial charge in [-0.3, -0.25) is 0 Å². The second-order valence-corrected chi connectivity index (χ2v) is 2.46. The Kier molecular flexibility index (Phi) is 2.12. The maximum absolute atomic E-state index is 11.9. The summed E-state index contributed by atoms with van der Waals surface area (Å²) in [4.78, 5) is 0. The molecule has 0 fully saturated rings. The summed E-state index contributed by atoms with van der Waals surface area (Å²) in [5.41, 5.74) is 1.33. The molecule has 0 spiro atoms. The summed E-state index contributed by atoms with van der Waals surface area (Å²) in [5.74, 6) is 0. The first-order valence-corrected chi connectivity index (χ1v) is 3.27. The molecule has 60 valence electrons. The van der Waals surface area contributed by atoms with Crippen molar-refractivity contribution in [3.63, 3.8) is 0 Å². The van der Waals surface area contributed by atoms with E-state index in [0.29, 0.717) is 0 Å². The lowest BCUT2D eigenvalue weighted by atomic mass is 10.1. The Morgan fingerprint density at radius 1 is 1.45 bits per heavy atom. The Morgan fingerprint density at radius 3 is 2.45 bits per heavy atom. The molecule has 1 rings (SSSR count). The highest BCUT2D eigenvalue weighted by Crippen LogP contribution is 2.30.